The molecule has 0 aromatic heterocycles. The molecule has 1 N–H and O–H groups in total. The van der Waals surface area contributed by atoms with Crippen LogP contribution in [0.2, 0.25) is 0 Å². The summed E-state index contributed by atoms with van der Waals surface area (Å²) in [6.07, 6.45) is 2.22. The van der Waals surface area contributed by atoms with E-state index in [1.165, 1.54) is 5.56 Å². The van der Waals surface area contributed by atoms with E-state index in [0.717, 1.165) is 32.6 Å². The van der Waals surface area contributed by atoms with Crippen molar-refractivity contribution >= 4 is 17.7 Å². The third kappa shape index (κ3) is 5.53. The Morgan fingerprint density at radius 1 is 1.00 bits per heavy atom. The zero-order valence-corrected chi connectivity index (χ0v) is 15.7. The normalized spacial score (nSPS) is 18.0. The number of hydrogen-bond donors (Lipinski definition) is 1. The topological polar surface area (TPSA) is 73.0 Å². The summed E-state index contributed by atoms with van der Waals surface area (Å²) in [6, 6.07) is 10.3. The van der Waals surface area contributed by atoms with Gasteiger partial charge in [-0.15, -0.1) is 0 Å². The molecular formula is C20H28N4O3. The van der Waals surface area contributed by atoms with E-state index in [-0.39, 0.29) is 5.91 Å². The minimum absolute atomic E-state index is 0.186. The van der Waals surface area contributed by atoms with E-state index >= 15 is 0 Å². The SMILES string of the molecule is O=C(NCCCN1CCCC1=O)C(=O)N1CCN(Cc2ccccc2)CC1. The first-order valence-electron chi connectivity index (χ1n) is 9.74. The highest BCUT2D eigenvalue weighted by atomic mass is 16.2. The van der Waals surface area contributed by atoms with Crippen molar-refractivity contribution in [2.75, 3.05) is 45.8 Å². The molecule has 0 spiro atoms. The Morgan fingerprint density at radius 3 is 2.41 bits per heavy atom. The van der Waals surface area contributed by atoms with Gasteiger partial charge in [0.2, 0.25) is 5.91 Å². The average molecular weight is 372 g/mol. The number of amides is 3. The van der Waals surface area contributed by atoms with Gasteiger partial charge in [-0.1, -0.05) is 30.3 Å². The smallest absolute Gasteiger partial charge is 0.311 e. The van der Waals surface area contributed by atoms with Crippen molar-refractivity contribution in [3.05, 3.63) is 35.9 Å². The van der Waals surface area contributed by atoms with Crippen molar-refractivity contribution in [3.63, 3.8) is 0 Å². The van der Waals surface area contributed by atoms with Crippen molar-refractivity contribution in [2.24, 2.45) is 0 Å². The van der Waals surface area contributed by atoms with Crippen LogP contribution in [-0.2, 0) is 20.9 Å². The van der Waals surface area contributed by atoms with Gasteiger partial charge in [0.15, 0.2) is 0 Å². The molecule has 0 aliphatic carbocycles. The number of hydrogen-bond acceptors (Lipinski definition) is 4. The van der Waals surface area contributed by atoms with Crippen LogP contribution in [0.25, 0.3) is 0 Å². The molecule has 0 radical (unpaired) electrons. The molecule has 1 aromatic rings. The van der Waals surface area contributed by atoms with E-state index < -0.39 is 11.8 Å². The van der Waals surface area contributed by atoms with Gasteiger partial charge in [0.1, 0.15) is 0 Å². The Kier molecular flexibility index (Phi) is 6.81. The summed E-state index contributed by atoms with van der Waals surface area (Å²) in [7, 11) is 0. The number of nitrogens with zero attached hydrogens (tertiary/aromatic N) is 3. The molecule has 0 saturated carbocycles. The fourth-order valence-corrected chi connectivity index (χ4v) is 3.58. The van der Waals surface area contributed by atoms with Crippen molar-refractivity contribution in [1.82, 2.24) is 20.0 Å². The number of carbonyl (C=O) groups is 3. The molecule has 7 heteroatoms. The predicted molar refractivity (Wildman–Crippen MR) is 102 cm³/mol. The van der Waals surface area contributed by atoms with Crippen molar-refractivity contribution in [2.45, 2.75) is 25.8 Å². The van der Waals surface area contributed by atoms with Crippen LogP contribution in [-0.4, -0.2) is 78.2 Å². The molecule has 27 heavy (non-hydrogen) atoms. The van der Waals surface area contributed by atoms with Gasteiger partial charge in [-0.05, 0) is 18.4 Å². The Balaban J connectivity index is 1.33. The minimum atomic E-state index is -0.542. The molecule has 2 aliphatic rings. The number of benzene rings is 1. The molecule has 1 aromatic carbocycles. The van der Waals surface area contributed by atoms with Gasteiger partial charge in [-0.25, -0.2) is 0 Å². The molecule has 2 saturated heterocycles. The minimum Gasteiger partial charge on any atom is -0.348 e. The fourth-order valence-electron chi connectivity index (χ4n) is 3.58. The lowest BCUT2D eigenvalue weighted by Gasteiger charge is -2.34. The van der Waals surface area contributed by atoms with Crippen molar-refractivity contribution in [3.8, 4) is 0 Å². The zero-order chi connectivity index (χ0) is 19.1. The van der Waals surface area contributed by atoms with Crippen molar-refractivity contribution < 1.29 is 14.4 Å². The Bertz CT molecular complexity index is 656. The van der Waals surface area contributed by atoms with Gasteiger partial charge in [0.05, 0.1) is 0 Å². The van der Waals surface area contributed by atoms with E-state index in [0.29, 0.717) is 39.0 Å². The molecule has 2 heterocycles. The number of likely N-dealkylation sites (tertiary alicyclic amines) is 1. The lowest BCUT2D eigenvalue weighted by molar-refractivity contribution is -0.147. The lowest BCUT2D eigenvalue weighted by Crippen LogP contribution is -2.52. The van der Waals surface area contributed by atoms with E-state index in [1.54, 1.807) is 4.90 Å². The maximum absolute atomic E-state index is 12.3. The summed E-state index contributed by atoms with van der Waals surface area (Å²) < 4.78 is 0. The average Bonchev–Trinajstić information content (AvgIpc) is 3.11. The molecule has 0 bridgehead atoms. The summed E-state index contributed by atoms with van der Waals surface area (Å²) >= 11 is 0. The highest BCUT2D eigenvalue weighted by Gasteiger charge is 2.26. The van der Waals surface area contributed by atoms with E-state index in [9.17, 15) is 14.4 Å². The Labute approximate surface area is 160 Å². The first kappa shape index (κ1) is 19.4. The molecular weight excluding hydrogens is 344 g/mol. The molecule has 146 valence electrons. The first-order chi connectivity index (χ1) is 13.1. The highest BCUT2D eigenvalue weighted by Crippen LogP contribution is 2.10. The summed E-state index contributed by atoms with van der Waals surface area (Å²) in [6.45, 7) is 5.41. The summed E-state index contributed by atoms with van der Waals surface area (Å²) in [5, 5.41) is 2.69. The molecule has 2 aliphatic heterocycles. The zero-order valence-electron chi connectivity index (χ0n) is 15.7. The predicted octanol–water partition coefficient (Wildman–Crippen LogP) is 0.460. The molecule has 0 unspecified atom stereocenters. The Morgan fingerprint density at radius 2 is 1.74 bits per heavy atom. The van der Waals surface area contributed by atoms with Gasteiger partial charge in [-0.3, -0.25) is 19.3 Å². The summed E-state index contributed by atoms with van der Waals surface area (Å²) in [4.78, 5) is 41.6. The van der Waals surface area contributed by atoms with Crippen LogP contribution in [0.5, 0.6) is 0 Å². The van der Waals surface area contributed by atoms with E-state index in [1.807, 2.05) is 23.1 Å². The maximum atomic E-state index is 12.3. The van der Waals surface area contributed by atoms with E-state index in [2.05, 4.69) is 22.3 Å². The monoisotopic (exact) mass is 372 g/mol. The number of rotatable bonds is 6. The van der Waals surface area contributed by atoms with Crippen LogP contribution in [0.4, 0.5) is 0 Å². The van der Waals surface area contributed by atoms with Crippen LogP contribution in [0.15, 0.2) is 30.3 Å². The number of carbonyl (C=O) groups excluding carboxylic acids is 3. The largest absolute Gasteiger partial charge is 0.348 e. The number of piperazine rings is 1. The first-order valence-corrected chi connectivity index (χ1v) is 9.74. The summed E-state index contributed by atoms with van der Waals surface area (Å²) in [5.41, 5.74) is 1.26. The second-order valence-corrected chi connectivity index (χ2v) is 7.15. The second kappa shape index (κ2) is 9.50. The van der Waals surface area contributed by atoms with Crippen LogP contribution < -0.4 is 5.32 Å². The second-order valence-electron chi connectivity index (χ2n) is 7.15. The Hall–Kier alpha value is -2.41. The molecule has 7 nitrogen and oxygen atoms in total. The van der Waals surface area contributed by atoms with Crippen LogP contribution in [0.3, 0.4) is 0 Å². The molecule has 0 atom stereocenters. The number of nitrogens with one attached hydrogen (secondary N) is 1. The third-order valence-electron chi connectivity index (χ3n) is 5.16. The van der Waals surface area contributed by atoms with Crippen LogP contribution in [0.1, 0.15) is 24.8 Å². The highest BCUT2D eigenvalue weighted by molar-refractivity contribution is 6.35. The van der Waals surface area contributed by atoms with Gasteiger partial charge in [-0.2, -0.15) is 0 Å². The van der Waals surface area contributed by atoms with Gasteiger partial charge in [0, 0.05) is 58.8 Å². The standard InChI is InChI=1S/C20H28N4O3/c25-18-8-4-10-23(18)11-5-9-21-19(26)20(27)24-14-12-22(13-15-24)16-17-6-2-1-3-7-17/h1-3,6-7H,4-5,8-16H2,(H,21,26). The van der Waals surface area contributed by atoms with Gasteiger partial charge >= 0.3 is 11.8 Å². The van der Waals surface area contributed by atoms with Gasteiger partial charge in [0.25, 0.3) is 0 Å². The van der Waals surface area contributed by atoms with Crippen molar-refractivity contribution in [1.29, 1.82) is 0 Å². The van der Waals surface area contributed by atoms with E-state index in [4.69, 9.17) is 0 Å². The quantitative estimate of drug-likeness (QED) is 0.582. The summed E-state index contributed by atoms with van der Waals surface area (Å²) in [5.74, 6) is -0.809. The van der Waals surface area contributed by atoms with Gasteiger partial charge < -0.3 is 15.1 Å². The molecule has 2 fully saturated rings. The lowest BCUT2D eigenvalue weighted by atomic mass is 10.2. The van der Waals surface area contributed by atoms with Crippen LogP contribution >= 0.6 is 0 Å². The molecule has 3 amide bonds. The molecule has 3 rings (SSSR count). The van der Waals surface area contributed by atoms with Crippen LogP contribution in [0, 0.1) is 0 Å². The third-order valence-corrected chi connectivity index (χ3v) is 5.16. The maximum Gasteiger partial charge on any atom is 0.311 e. The fraction of sp³-hybridized carbons (Fsp3) is 0.550.